The van der Waals surface area contributed by atoms with Gasteiger partial charge in [-0.05, 0) is 22.9 Å². The number of aromatic nitrogens is 1. The van der Waals surface area contributed by atoms with Gasteiger partial charge in [0.05, 0.1) is 0 Å². The quantitative estimate of drug-likeness (QED) is 0.626. The fourth-order valence-electron chi connectivity index (χ4n) is 2.51. The van der Waals surface area contributed by atoms with Crippen LogP contribution < -0.4 is 0 Å². The number of rotatable bonds is 3. The summed E-state index contributed by atoms with van der Waals surface area (Å²) in [6, 6.07) is 12.8. The second-order valence-electron chi connectivity index (χ2n) is 4.42. The summed E-state index contributed by atoms with van der Waals surface area (Å²) >= 11 is 3.43. The maximum atomic E-state index is 3.90. The van der Waals surface area contributed by atoms with E-state index in [0.29, 0.717) is 0 Å². The normalized spacial score (nSPS) is 11.6. The van der Waals surface area contributed by atoms with E-state index in [-0.39, 0.29) is 0 Å². The van der Waals surface area contributed by atoms with E-state index >= 15 is 0 Å². The average molecular weight is 312 g/mol. The Morgan fingerprint density at radius 1 is 1.16 bits per heavy atom. The maximum Gasteiger partial charge on any atom is 0.0471 e. The Labute approximate surface area is 120 Å². The molecule has 3 rings (SSSR count). The van der Waals surface area contributed by atoms with Gasteiger partial charge in [0, 0.05) is 27.5 Å². The van der Waals surface area contributed by atoms with E-state index in [1.807, 2.05) is 6.08 Å². The van der Waals surface area contributed by atoms with Crippen LogP contribution >= 0.6 is 15.9 Å². The predicted octanol–water partition coefficient (Wildman–Crippen LogP) is 5.37. The number of allylic oxidation sites excluding steroid dienone is 1. The molecule has 0 amide bonds. The molecule has 0 saturated carbocycles. The van der Waals surface area contributed by atoms with Crippen LogP contribution in [0.2, 0.25) is 0 Å². The number of benzene rings is 2. The Morgan fingerprint density at radius 2 is 2.00 bits per heavy atom. The Balaban J connectivity index is 2.45. The molecule has 1 N–H and O–H groups in total. The molecule has 1 heterocycles. The highest BCUT2D eigenvalue weighted by atomic mass is 79.9. The lowest BCUT2D eigenvalue weighted by molar-refractivity contribution is 1.42. The van der Waals surface area contributed by atoms with Crippen LogP contribution in [-0.4, -0.2) is 10.3 Å². The Kier molecular flexibility index (Phi) is 3.26. The lowest BCUT2D eigenvalue weighted by atomic mass is 10.0. The van der Waals surface area contributed by atoms with Crippen LogP contribution in [0.4, 0.5) is 0 Å². The second kappa shape index (κ2) is 5.06. The van der Waals surface area contributed by atoms with Gasteiger partial charge in [-0.3, -0.25) is 0 Å². The summed E-state index contributed by atoms with van der Waals surface area (Å²) < 4.78 is 0. The van der Waals surface area contributed by atoms with E-state index < -0.39 is 0 Å². The fraction of sp³-hybridized carbons (Fsp3) is 0.0588. The lowest BCUT2D eigenvalue weighted by Crippen LogP contribution is -1.77. The Bertz CT molecular complexity index is 780. The molecule has 0 aliphatic heterocycles. The summed E-state index contributed by atoms with van der Waals surface area (Å²) in [5.41, 5.74) is 3.44. The van der Waals surface area contributed by atoms with Crippen molar-refractivity contribution in [3.63, 3.8) is 0 Å². The number of fused-ring (bicyclic) bond motifs is 3. The molecule has 1 aromatic heterocycles. The van der Waals surface area contributed by atoms with Gasteiger partial charge >= 0.3 is 0 Å². The van der Waals surface area contributed by atoms with E-state index in [1.165, 1.54) is 21.7 Å². The standard InChI is InChI=1S/C17H14BrN/c1-2-15-14(8-5-11-18)17-13-7-4-3-6-12(13)9-10-16(17)19-15/h2-10,19H,1,11H2/b8-5-. The highest BCUT2D eigenvalue weighted by molar-refractivity contribution is 9.09. The zero-order valence-electron chi connectivity index (χ0n) is 10.5. The van der Waals surface area contributed by atoms with Gasteiger partial charge < -0.3 is 4.98 Å². The van der Waals surface area contributed by atoms with Gasteiger partial charge in [0.2, 0.25) is 0 Å². The monoisotopic (exact) mass is 311 g/mol. The number of alkyl halides is 1. The molecule has 0 radical (unpaired) electrons. The van der Waals surface area contributed by atoms with Crippen LogP contribution in [-0.2, 0) is 0 Å². The molecule has 0 fully saturated rings. The molecule has 0 saturated heterocycles. The van der Waals surface area contributed by atoms with Crippen LogP contribution in [0.3, 0.4) is 0 Å². The van der Waals surface area contributed by atoms with E-state index in [2.05, 4.69) is 76.0 Å². The van der Waals surface area contributed by atoms with Crippen molar-refractivity contribution in [3.8, 4) is 0 Å². The summed E-state index contributed by atoms with van der Waals surface area (Å²) in [7, 11) is 0. The molecule has 0 bridgehead atoms. The van der Waals surface area contributed by atoms with Gasteiger partial charge in [0.1, 0.15) is 0 Å². The van der Waals surface area contributed by atoms with Gasteiger partial charge in [-0.25, -0.2) is 0 Å². The van der Waals surface area contributed by atoms with Crippen molar-refractivity contribution in [3.05, 3.63) is 60.3 Å². The number of halogens is 1. The molecular weight excluding hydrogens is 298 g/mol. The van der Waals surface area contributed by atoms with Crippen molar-refractivity contribution in [1.82, 2.24) is 4.98 Å². The first-order chi connectivity index (χ1) is 9.35. The van der Waals surface area contributed by atoms with Crippen molar-refractivity contribution < 1.29 is 0 Å². The van der Waals surface area contributed by atoms with Crippen LogP contribution in [0.15, 0.2) is 49.1 Å². The van der Waals surface area contributed by atoms with E-state index in [0.717, 1.165) is 16.5 Å². The van der Waals surface area contributed by atoms with Gasteiger partial charge in [0.15, 0.2) is 0 Å². The molecule has 3 aromatic rings. The zero-order valence-corrected chi connectivity index (χ0v) is 12.1. The molecule has 2 heteroatoms. The third-order valence-electron chi connectivity index (χ3n) is 3.34. The smallest absolute Gasteiger partial charge is 0.0471 e. The van der Waals surface area contributed by atoms with E-state index in [4.69, 9.17) is 0 Å². The first-order valence-corrected chi connectivity index (χ1v) is 7.35. The first kappa shape index (κ1) is 12.2. The average Bonchev–Trinajstić information content (AvgIpc) is 2.83. The van der Waals surface area contributed by atoms with Crippen molar-refractivity contribution in [2.24, 2.45) is 0 Å². The van der Waals surface area contributed by atoms with Crippen molar-refractivity contribution in [2.45, 2.75) is 0 Å². The largest absolute Gasteiger partial charge is 0.355 e. The van der Waals surface area contributed by atoms with Crippen LogP contribution in [0.25, 0.3) is 33.8 Å². The van der Waals surface area contributed by atoms with E-state index in [1.54, 1.807) is 0 Å². The first-order valence-electron chi connectivity index (χ1n) is 6.23. The molecule has 0 spiro atoms. The van der Waals surface area contributed by atoms with Gasteiger partial charge in [0.25, 0.3) is 0 Å². The number of hydrogen-bond donors (Lipinski definition) is 1. The number of H-pyrrole nitrogens is 1. The minimum Gasteiger partial charge on any atom is -0.355 e. The second-order valence-corrected chi connectivity index (χ2v) is 5.07. The molecule has 0 unspecified atom stereocenters. The predicted molar refractivity (Wildman–Crippen MR) is 88.7 cm³/mol. The minimum atomic E-state index is 0.848. The molecule has 0 atom stereocenters. The Hall–Kier alpha value is -1.80. The minimum absolute atomic E-state index is 0.848. The highest BCUT2D eigenvalue weighted by Crippen LogP contribution is 2.31. The van der Waals surface area contributed by atoms with Crippen LogP contribution in [0.5, 0.6) is 0 Å². The summed E-state index contributed by atoms with van der Waals surface area (Å²) in [4.78, 5) is 3.43. The molecular formula is C17H14BrN. The molecule has 0 aliphatic rings. The molecule has 2 aromatic carbocycles. The number of hydrogen-bond acceptors (Lipinski definition) is 0. The summed E-state index contributed by atoms with van der Waals surface area (Å²) in [6.45, 7) is 3.90. The molecule has 19 heavy (non-hydrogen) atoms. The Morgan fingerprint density at radius 3 is 2.79 bits per heavy atom. The van der Waals surface area contributed by atoms with Gasteiger partial charge in [-0.1, -0.05) is 65.0 Å². The van der Waals surface area contributed by atoms with Gasteiger partial charge in [-0.2, -0.15) is 0 Å². The number of nitrogens with one attached hydrogen (secondary N) is 1. The highest BCUT2D eigenvalue weighted by Gasteiger charge is 2.09. The van der Waals surface area contributed by atoms with Crippen LogP contribution in [0, 0.1) is 0 Å². The third kappa shape index (κ3) is 2.02. The summed E-state index contributed by atoms with van der Waals surface area (Å²) in [5, 5.41) is 4.66. The van der Waals surface area contributed by atoms with Crippen molar-refractivity contribution in [2.75, 3.05) is 5.33 Å². The SMILES string of the molecule is C=Cc1[nH]c2ccc3ccccc3c2c1/C=C\CBr. The summed E-state index contributed by atoms with van der Waals surface area (Å²) in [6.07, 6.45) is 6.14. The summed E-state index contributed by atoms with van der Waals surface area (Å²) in [5.74, 6) is 0. The number of aromatic amines is 1. The lowest BCUT2D eigenvalue weighted by Gasteiger charge is -2.01. The maximum absolute atomic E-state index is 3.90. The molecule has 1 nitrogen and oxygen atoms in total. The zero-order chi connectivity index (χ0) is 13.2. The van der Waals surface area contributed by atoms with E-state index in [9.17, 15) is 0 Å². The van der Waals surface area contributed by atoms with Crippen LogP contribution in [0.1, 0.15) is 11.3 Å². The third-order valence-corrected chi connectivity index (χ3v) is 3.71. The fourth-order valence-corrected chi connectivity index (χ4v) is 2.70. The van der Waals surface area contributed by atoms with Crippen molar-refractivity contribution >= 4 is 49.8 Å². The topological polar surface area (TPSA) is 15.8 Å². The van der Waals surface area contributed by atoms with Gasteiger partial charge in [-0.15, -0.1) is 0 Å². The molecule has 0 aliphatic carbocycles. The van der Waals surface area contributed by atoms with Crippen molar-refractivity contribution in [1.29, 1.82) is 0 Å². The molecule has 94 valence electrons.